The molecule has 1 fully saturated rings. The average molecular weight is 382 g/mol. The zero-order valence-corrected chi connectivity index (χ0v) is 16.0. The van der Waals surface area contributed by atoms with Crippen molar-refractivity contribution in [3.8, 4) is 0 Å². The van der Waals surface area contributed by atoms with Crippen LogP contribution in [0.4, 0.5) is 0 Å². The van der Waals surface area contributed by atoms with Crippen LogP contribution in [-0.2, 0) is 26.0 Å². The molecule has 0 radical (unpaired) electrons. The van der Waals surface area contributed by atoms with Crippen molar-refractivity contribution in [2.24, 2.45) is 0 Å². The number of hydrogen-bond donors (Lipinski definition) is 2. The van der Waals surface area contributed by atoms with Gasteiger partial charge in [-0.25, -0.2) is 13.1 Å². The number of benzene rings is 1. The molecule has 2 rings (SSSR count). The Kier molecular flexibility index (Phi) is 6.77. The van der Waals surface area contributed by atoms with Crippen LogP contribution in [0, 0.1) is 0 Å². The highest BCUT2D eigenvalue weighted by atomic mass is 32.2. The molecule has 1 amide bonds. The quantitative estimate of drug-likeness (QED) is 0.642. The molecular formula is C18H26N2O5S. The Morgan fingerprint density at radius 3 is 2.38 bits per heavy atom. The molecule has 1 aromatic rings. The summed E-state index contributed by atoms with van der Waals surface area (Å²) in [6.45, 7) is 3.42. The highest BCUT2D eigenvalue weighted by Crippen LogP contribution is 2.22. The van der Waals surface area contributed by atoms with Crippen LogP contribution >= 0.6 is 0 Å². The molecule has 1 aromatic carbocycles. The van der Waals surface area contributed by atoms with Crippen molar-refractivity contribution in [1.82, 2.24) is 9.62 Å². The molecule has 1 aliphatic rings. The first-order chi connectivity index (χ1) is 12.2. The van der Waals surface area contributed by atoms with Gasteiger partial charge < -0.3 is 10.0 Å². The van der Waals surface area contributed by atoms with E-state index in [1.54, 1.807) is 12.1 Å². The summed E-state index contributed by atoms with van der Waals surface area (Å²) in [5.41, 5.74) is 0.836. The Morgan fingerprint density at radius 1 is 1.27 bits per heavy atom. The molecule has 2 N–H and O–H groups in total. The van der Waals surface area contributed by atoms with Crippen LogP contribution in [0.15, 0.2) is 29.2 Å². The van der Waals surface area contributed by atoms with Crippen molar-refractivity contribution in [3.05, 3.63) is 29.8 Å². The Labute approximate surface area is 154 Å². The zero-order valence-electron chi connectivity index (χ0n) is 15.1. The summed E-state index contributed by atoms with van der Waals surface area (Å²) in [5.74, 6) is -1.25. The van der Waals surface area contributed by atoms with Gasteiger partial charge in [0, 0.05) is 18.5 Å². The SMILES string of the molecule is CCC(C)N(CC(=O)O)C(=O)CCc1ccc(S(=O)(=O)NC2CC2)cc1. The van der Waals surface area contributed by atoms with E-state index in [0.717, 1.165) is 18.4 Å². The highest BCUT2D eigenvalue weighted by molar-refractivity contribution is 7.89. The van der Waals surface area contributed by atoms with Gasteiger partial charge in [-0.05, 0) is 50.3 Å². The van der Waals surface area contributed by atoms with Crippen LogP contribution in [0.1, 0.15) is 45.1 Å². The molecule has 0 saturated heterocycles. The van der Waals surface area contributed by atoms with Crippen LogP contribution in [0.3, 0.4) is 0 Å². The summed E-state index contributed by atoms with van der Waals surface area (Å²) in [7, 11) is -3.48. The third-order valence-corrected chi connectivity index (χ3v) is 6.05. The molecule has 1 atom stereocenters. The molecule has 144 valence electrons. The summed E-state index contributed by atoms with van der Waals surface area (Å²) in [6, 6.07) is 6.37. The third kappa shape index (κ3) is 5.81. The summed E-state index contributed by atoms with van der Waals surface area (Å²) < 4.78 is 26.9. The van der Waals surface area contributed by atoms with Crippen LogP contribution in [0.25, 0.3) is 0 Å². The van der Waals surface area contributed by atoms with E-state index in [9.17, 15) is 18.0 Å². The van der Waals surface area contributed by atoms with E-state index in [-0.39, 0.29) is 35.9 Å². The van der Waals surface area contributed by atoms with Gasteiger partial charge in [-0.15, -0.1) is 0 Å². The zero-order chi connectivity index (χ0) is 19.3. The lowest BCUT2D eigenvalue weighted by Crippen LogP contribution is -2.41. The van der Waals surface area contributed by atoms with E-state index < -0.39 is 16.0 Å². The van der Waals surface area contributed by atoms with Gasteiger partial charge in [-0.3, -0.25) is 9.59 Å². The van der Waals surface area contributed by atoms with Gasteiger partial charge in [0.05, 0.1) is 4.90 Å². The van der Waals surface area contributed by atoms with Crippen molar-refractivity contribution in [1.29, 1.82) is 0 Å². The summed E-state index contributed by atoms with van der Waals surface area (Å²) >= 11 is 0. The average Bonchev–Trinajstić information content (AvgIpc) is 3.40. The molecule has 0 aliphatic heterocycles. The van der Waals surface area contributed by atoms with E-state index in [1.807, 2.05) is 13.8 Å². The van der Waals surface area contributed by atoms with Crippen molar-refractivity contribution >= 4 is 21.9 Å². The number of sulfonamides is 1. The molecule has 0 bridgehead atoms. The number of aliphatic carboxylic acids is 1. The maximum Gasteiger partial charge on any atom is 0.323 e. The lowest BCUT2D eigenvalue weighted by atomic mass is 10.1. The van der Waals surface area contributed by atoms with E-state index >= 15 is 0 Å². The van der Waals surface area contributed by atoms with E-state index in [2.05, 4.69) is 4.72 Å². The van der Waals surface area contributed by atoms with Crippen molar-refractivity contribution < 1.29 is 23.1 Å². The standard InChI is InChI=1S/C18H26N2O5S/c1-3-13(2)20(12-18(22)23)17(21)11-6-14-4-9-16(10-5-14)26(24,25)19-15-7-8-15/h4-5,9-10,13,15,19H,3,6-8,11-12H2,1-2H3,(H,22,23). The number of rotatable bonds is 10. The van der Waals surface area contributed by atoms with Gasteiger partial charge in [0.15, 0.2) is 0 Å². The van der Waals surface area contributed by atoms with E-state index in [0.29, 0.717) is 12.8 Å². The van der Waals surface area contributed by atoms with Gasteiger partial charge in [-0.1, -0.05) is 19.1 Å². The lowest BCUT2D eigenvalue weighted by molar-refractivity contribution is -0.146. The number of amides is 1. The molecule has 7 nitrogen and oxygen atoms in total. The monoisotopic (exact) mass is 382 g/mol. The molecular weight excluding hydrogens is 356 g/mol. The minimum Gasteiger partial charge on any atom is -0.480 e. The van der Waals surface area contributed by atoms with Gasteiger partial charge in [0.25, 0.3) is 0 Å². The van der Waals surface area contributed by atoms with Crippen LogP contribution in [0.2, 0.25) is 0 Å². The number of carbonyl (C=O) groups is 2. The first kappa shape index (κ1) is 20.4. The molecule has 8 heteroatoms. The highest BCUT2D eigenvalue weighted by Gasteiger charge is 2.28. The number of aryl methyl sites for hydroxylation is 1. The normalized spacial score (nSPS) is 15.5. The van der Waals surface area contributed by atoms with Crippen molar-refractivity contribution in [2.45, 2.75) is 62.9 Å². The largest absolute Gasteiger partial charge is 0.480 e. The van der Waals surface area contributed by atoms with Gasteiger partial charge in [0.2, 0.25) is 15.9 Å². The maximum atomic E-state index is 12.4. The predicted molar refractivity (Wildman–Crippen MR) is 97.2 cm³/mol. The Morgan fingerprint density at radius 2 is 1.88 bits per heavy atom. The topological polar surface area (TPSA) is 104 Å². The van der Waals surface area contributed by atoms with Crippen molar-refractivity contribution in [3.63, 3.8) is 0 Å². The molecule has 0 heterocycles. The van der Waals surface area contributed by atoms with Crippen LogP contribution < -0.4 is 4.72 Å². The molecule has 1 unspecified atom stereocenters. The first-order valence-corrected chi connectivity index (χ1v) is 10.3. The molecule has 0 aromatic heterocycles. The Hall–Kier alpha value is -1.93. The Bertz CT molecular complexity index is 741. The second kappa shape index (κ2) is 8.64. The molecule has 26 heavy (non-hydrogen) atoms. The number of nitrogens with one attached hydrogen (secondary N) is 1. The minimum absolute atomic E-state index is 0.0538. The van der Waals surface area contributed by atoms with Gasteiger partial charge >= 0.3 is 5.97 Å². The van der Waals surface area contributed by atoms with Crippen LogP contribution in [-0.4, -0.2) is 48.9 Å². The minimum atomic E-state index is -3.48. The maximum absolute atomic E-state index is 12.4. The fraction of sp³-hybridized carbons (Fsp3) is 0.556. The smallest absolute Gasteiger partial charge is 0.323 e. The predicted octanol–water partition coefficient (Wildman–Crippen LogP) is 1.77. The van der Waals surface area contributed by atoms with Gasteiger partial charge in [-0.2, -0.15) is 0 Å². The number of carboxylic acid groups (broad SMARTS) is 1. The number of nitrogens with zero attached hydrogens (tertiary/aromatic N) is 1. The molecule has 1 aliphatic carbocycles. The molecule has 0 spiro atoms. The lowest BCUT2D eigenvalue weighted by Gasteiger charge is -2.27. The Balaban J connectivity index is 1.95. The van der Waals surface area contributed by atoms with E-state index in [1.165, 1.54) is 17.0 Å². The summed E-state index contributed by atoms with van der Waals surface area (Å²) in [6.07, 6.45) is 3.05. The first-order valence-electron chi connectivity index (χ1n) is 8.85. The van der Waals surface area contributed by atoms with E-state index in [4.69, 9.17) is 5.11 Å². The van der Waals surface area contributed by atoms with Gasteiger partial charge in [0.1, 0.15) is 6.54 Å². The second-order valence-electron chi connectivity index (χ2n) is 6.71. The number of carbonyl (C=O) groups excluding carboxylic acids is 1. The fourth-order valence-electron chi connectivity index (χ4n) is 2.57. The second-order valence-corrected chi connectivity index (χ2v) is 8.43. The summed E-state index contributed by atoms with van der Waals surface area (Å²) in [5, 5.41) is 8.98. The third-order valence-electron chi connectivity index (χ3n) is 4.51. The number of carboxylic acids is 1. The number of hydrogen-bond acceptors (Lipinski definition) is 4. The molecule has 1 saturated carbocycles. The fourth-order valence-corrected chi connectivity index (χ4v) is 3.88. The summed E-state index contributed by atoms with van der Waals surface area (Å²) in [4.78, 5) is 24.9. The van der Waals surface area contributed by atoms with Crippen molar-refractivity contribution in [2.75, 3.05) is 6.54 Å². The van der Waals surface area contributed by atoms with Crippen LogP contribution in [0.5, 0.6) is 0 Å².